The minimum absolute atomic E-state index is 0.0492. The lowest BCUT2D eigenvalue weighted by Crippen LogP contribution is -2.37. The summed E-state index contributed by atoms with van der Waals surface area (Å²) in [5, 5.41) is 9.50. The summed E-state index contributed by atoms with van der Waals surface area (Å²) in [6, 6.07) is 0. The van der Waals surface area contributed by atoms with Crippen LogP contribution in [0.5, 0.6) is 0 Å². The van der Waals surface area contributed by atoms with E-state index in [-0.39, 0.29) is 32.2 Å². The van der Waals surface area contributed by atoms with Crippen molar-refractivity contribution >= 4 is 19.8 Å². The van der Waals surface area contributed by atoms with E-state index < -0.39 is 32.5 Å². The Morgan fingerprint density at radius 2 is 1.05 bits per heavy atom. The van der Waals surface area contributed by atoms with Crippen molar-refractivity contribution in [2.75, 3.05) is 47.5 Å². The number of ether oxygens (including phenoxy) is 2. The van der Waals surface area contributed by atoms with Gasteiger partial charge in [0, 0.05) is 12.8 Å². The molecule has 10 nitrogen and oxygen atoms in total. The Morgan fingerprint density at radius 3 is 1.54 bits per heavy atom. The Hall–Kier alpha value is -2.33. The number of carbonyl (C=O) groups is 2. The number of quaternary nitrogens is 1. The highest BCUT2D eigenvalue weighted by molar-refractivity contribution is 7.45. The third-order valence-electron chi connectivity index (χ3n) is 10.7. The number of rotatable bonds is 45. The maximum Gasteiger partial charge on any atom is 0.306 e. The van der Waals surface area contributed by atoms with Gasteiger partial charge in [0.2, 0.25) is 0 Å². The fourth-order valence-electron chi connectivity index (χ4n) is 6.64. The molecule has 0 aliphatic rings. The molecule has 63 heavy (non-hydrogen) atoms. The number of esters is 2. The van der Waals surface area contributed by atoms with Crippen molar-refractivity contribution in [3.8, 4) is 0 Å². The van der Waals surface area contributed by atoms with Gasteiger partial charge >= 0.3 is 11.9 Å². The van der Waals surface area contributed by atoms with E-state index in [2.05, 4.69) is 31.2 Å². The van der Waals surface area contributed by atoms with Crippen molar-refractivity contribution in [2.45, 2.75) is 212 Å². The minimum atomic E-state index is -4.65. The maximum atomic E-state index is 12.7. The second kappa shape index (κ2) is 43.6. The standard InChI is InChI=1S/C52H94NO9P/c1-6-8-9-10-11-12-13-14-15-16-17-18-19-20-21-25-28-31-34-37-40-43-51(55)59-47-50(48-61-63(57,58)60-46-45-53(3,4)5)62-52(56)44-41-38-35-32-29-26-23-22-24-27-30-33-36-39-42-49(54)7-2/h23-24,26-27,32-33,35-36,39,42,49-50,54H,6-22,25,28-31,34,37-38,40-41,43-48H2,1-5H3/b26-23-,27-24-,35-32-,36-33-,42-39+/t49-,50-/m1/s1. The molecular formula is C52H94NO9P. The first-order valence-corrected chi connectivity index (χ1v) is 26.6. The molecule has 0 aliphatic carbocycles. The topological polar surface area (TPSA) is 131 Å². The van der Waals surface area contributed by atoms with Crippen molar-refractivity contribution in [1.29, 1.82) is 0 Å². The van der Waals surface area contributed by atoms with E-state index in [9.17, 15) is 24.2 Å². The molecule has 0 aromatic heterocycles. The highest BCUT2D eigenvalue weighted by Gasteiger charge is 2.21. The SMILES string of the molecule is CCCCCCCCCCCCCCCCCCCCCCCC(=O)OC[C@H](COP(=O)([O-])OCC[N+](C)(C)C)OC(=O)CCC/C=C\C/C=C\C/C=C\C/C=C\C=C\[C@H](O)CC. The summed E-state index contributed by atoms with van der Waals surface area (Å²) in [6.07, 6.45) is 50.7. The molecule has 366 valence electrons. The molecule has 0 aromatic carbocycles. The van der Waals surface area contributed by atoms with Gasteiger partial charge in [0.1, 0.15) is 19.8 Å². The summed E-state index contributed by atoms with van der Waals surface area (Å²) in [5.41, 5.74) is 0. The van der Waals surface area contributed by atoms with E-state index in [1.807, 2.05) is 58.4 Å². The van der Waals surface area contributed by atoms with E-state index in [0.29, 0.717) is 30.3 Å². The molecule has 0 saturated heterocycles. The van der Waals surface area contributed by atoms with Crippen LogP contribution < -0.4 is 4.89 Å². The van der Waals surface area contributed by atoms with Gasteiger partial charge in [-0.15, -0.1) is 0 Å². The lowest BCUT2D eigenvalue weighted by atomic mass is 10.0. The molecule has 0 spiro atoms. The number of hydrogen-bond donors (Lipinski definition) is 1. The lowest BCUT2D eigenvalue weighted by Gasteiger charge is -2.28. The molecule has 3 atom stereocenters. The monoisotopic (exact) mass is 908 g/mol. The molecule has 0 aromatic rings. The zero-order valence-electron chi connectivity index (χ0n) is 40.9. The van der Waals surface area contributed by atoms with Crippen LogP contribution in [0.1, 0.15) is 200 Å². The van der Waals surface area contributed by atoms with Crippen LogP contribution in [0, 0.1) is 0 Å². The van der Waals surface area contributed by atoms with Crippen molar-refractivity contribution in [1.82, 2.24) is 0 Å². The highest BCUT2D eigenvalue weighted by Crippen LogP contribution is 2.38. The van der Waals surface area contributed by atoms with Gasteiger partial charge in [-0.3, -0.25) is 14.2 Å². The van der Waals surface area contributed by atoms with Crippen molar-refractivity contribution in [2.24, 2.45) is 0 Å². The minimum Gasteiger partial charge on any atom is -0.756 e. The highest BCUT2D eigenvalue weighted by atomic mass is 31.2. The van der Waals surface area contributed by atoms with Crippen molar-refractivity contribution < 1.29 is 47.2 Å². The van der Waals surface area contributed by atoms with Gasteiger partial charge in [-0.05, 0) is 44.9 Å². The fourth-order valence-corrected chi connectivity index (χ4v) is 7.37. The lowest BCUT2D eigenvalue weighted by molar-refractivity contribution is -0.870. The molecule has 0 fully saturated rings. The Bertz CT molecular complexity index is 1270. The number of allylic oxidation sites excluding steroid dienone is 9. The number of unbranched alkanes of at least 4 members (excludes halogenated alkanes) is 21. The van der Waals surface area contributed by atoms with Gasteiger partial charge in [0.15, 0.2) is 6.10 Å². The van der Waals surface area contributed by atoms with Crippen molar-refractivity contribution in [3.63, 3.8) is 0 Å². The zero-order valence-corrected chi connectivity index (χ0v) is 41.8. The molecule has 0 bridgehead atoms. The maximum absolute atomic E-state index is 12.7. The molecule has 1 N–H and O–H groups in total. The Balaban J connectivity index is 4.33. The first-order chi connectivity index (χ1) is 30.4. The van der Waals surface area contributed by atoms with Crippen LogP contribution >= 0.6 is 7.82 Å². The van der Waals surface area contributed by atoms with E-state index in [1.54, 1.807) is 6.08 Å². The molecule has 0 saturated carbocycles. The predicted molar refractivity (Wildman–Crippen MR) is 260 cm³/mol. The Morgan fingerprint density at radius 1 is 0.587 bits per heavy atom. The van der Waals surface area contributed by atoms with Crippen LogP contribution in [-0.2, 0) is 32.7 Å². The number of carbonyl (C=O) groups excluding carboxylic acids is 2. The number of aliphatic hydroxyl groups is 1. The number of likely N-dealkylation sites (N-methyl/N-ethyl adjacent to an activating group) is 1. The van der Waals surface area contributed by atoms with Crippen LogP contribution in [0.25, 0.3) is 0 Å². The largest absolute Gasteiger partial charge is 0.756 e. The zero-order chi connectivity index (χ0) is 46.5. The first kappa shape index (κ1) is 60.7. The Kier molecular flexibility index (Phi) is 41.9. The van der Waals surface area contributed by atoms with E-state index in [1.165, 1.54) is 116 Å². The third kappa shape index (κ3) is 47.5. The van der Waals surface area contributed by atoms with Crippen LogP contribution in [0.4, 0.5) is 0 Å². The second-order valence-corrected chi connectivity index (χ2v) is 19.4. The fraction of sp³-hybridized carbons (Fsp3) is 0.769. The van der Waals surface area contributed by atoms with Crippen LogP contribution in [-0.4, -0.2) is 81.2 Å². The van der Waals surface area contributed by atoms with Gasteiger partial charge in [-0.25, -0.2) is 0 Å². The molecule has 0 aliphatic heterocycles. The molecule has 0 rings (SSSR count). The molecular weight excluding hydrogens is 814 g/mol. The van der Waals surface area contributed by atoms with Gasteiger partial charge < -0.3 is 33.0 Å². The average Bonchev–Trinajstić information content (AvgIpc) is 3.24. The number of phosphoric ester groups is 1. The Labute approximate surface area is 386 Å². The van der Waals surface area contributed by atoms with Crippen LogP contribution in [0.15, 0.2) is 60.8 Å². The summed E-state index contributed by atoms with van der Waals surface area (Å²) < 4.78 is 33.9. The summed E-state index contributed by atoms with van der Waals surface area (Å²) >= 11 is 0. The first-order valence-electron chi connectivity index (χ1n) is 25.1. The second-order valence-electron chi connectivity index (χ2n) is 18.0. The quantitative estimate of drug-likeness (QED) is 0.0158. The van der Waals surface area contributed by atoms with Gasteiger partial charge in [-0.1, -0.05) is 203 Å². The summed E-state index contributed by atoms with van der Waals surface area (Å²) in [7, 11) is 1.11. The molecule has 1 unspecified atom stereocenters. The van der Waals surface area contributed by atoms with E-state index >= 15 is 0 Å². The van der Waals surface area contributed by atoms with Gasteiger partial charge in [-0.2, -0.15) is 0 Å². The third-order valence-corrected chi connectivity index (χ3v) is 11.7. The molecule has 11 heteroatoms. The predicted octanol–water partition coefficient (Wildman–Crippen LogP) is 13.1. The number of aliphatic hydroxyl groups excluding tert-OH is 1. The number of nitrogens with zero attached hydrogens (tertiary/aromatic N) is 1. The number of hydrogen-bond acceptors (Lipinski definition) is 9. The van der Waals surface area contributed by atoms with Gasteiger partial charge in [0.05, 0.1) is 33.9 Å². The summed E-state index contributed by atoms with van der Waals surface area (Å²) in [4.78, 5) is 37.7. The van der Waals surface area contributed by atoms with Gasteiger partial charge in [0.25, 0.3) is 7.82 Å². The molecule has 0 amide bonds. The molecule has 0 radical (unpaired) electrons. The number of phosphoric acid groups is 1. The van der Waals surface area contributed by atoms with Crippen molar-refractivity contribution in [3.05, 3.63) is 60.8 Å². The molecule has 0 heterocycles. The summed E-state index contributed by atoms with van der Waals surface area (Å²) in [6.45, 7) is 3.84. The van der Waals surface area contributed by atoms with E-state index in [4.69, 9.17) is 18.5 Å². The summed E-state index contributed by atoms with van der Waals surface area (Å²) in [5.74, 6) is -0.918. The van der Waals surface area contributed by atoms with Crippen LogP contribution in [0.2, 0.25) is 0 Å². The average molecular weight is 908 g/mol. The van der Waals surface area contributed by atoms with Crippen LogP contribution in [0.3, 0.4) is 0 Å². The van der Waals surface area contributed by atoms with E-state index in [0.717, 1.165) is 38.5 Å². The smallest absolute Gasteiger partial charge is 0.306 e. The normalized spacial score (nSPS) is 14.5.